The summed E-state index contributed by atoms with van der Waals surface area (Å²) in [4.78, 5) is 25.7. The maximum absolute atomic E-state index is 13.5. The summed E-state index contributed by atoms with van der Waals surface area (Å²) in [6, 6.07) is 18.4. The van der Waals surface area contributed by atoms with E-state index in [1.54, 1.807) is 0 Å². The molecule has 7 nitrogen and oxygen atoms in total. The average Bonchev–Trinajstić information content (AvgIpc) is 3.62. The molecule has 5 aromatic rings. The number of para-hydroxylation sites is 1. The van der Waals surface area contributed by atoms with Gasteiger partial charge in [-0.25, -0.2) is 9.97 Å². The third kappa shape index (κ3) is 5.63. The van der Waals surface area contributed by atoms with Crippen molar-refractivity contribution in [1.82, 2.24) is 19.7 Å². The maximum Gasteiger partial charge on any atom is 0.257 e. The van der Waals surface area contributed by atoms with Gasteiger partial charge in [0.15, 0.2) is 5.13 Å². The minimum atomic E-state index is -0.116. The van der Waals surface area contributed by atoms with Gasteiger partial charge in [-0.1, -0.05) is 68.7 Å². The molecular weight excluding hydrogens is 565 g/mol. The van der Waals surface area contributed by atoms with Crippen molar-refractivity contribution in [1.29, 1.82) is 0 Å². The minimum absolute atomic E-state index is 0.116. The van der Waals surface area contributed by atoms with Crippen LogP contribution in [0.2, 0.25) is 0 Å². The Hall–Kier alpha value is -4.04. The van der Waals surface area contributed by atoms with Gasteiger partial charge in [-0.15, -0.1) is 0 Å². The number of hydrogen-bond donors (Lipinski definition) is 1. The number of fused-ring (bicyclic) bond motifs is 2. The number of aromatic nitrogens is 4. The van der Waals surface area contributed by atoms with E-state index in [-0.39, 0.29) is 11.8 Å². The Morgan fingerprint density at radius 1 is 1.00 bits per heavy atom. The summed E-state index contributed by atoms with van der Waals surface area (Å²) in [6.07, 6.45) is 9.59. The van der Waals surface area contributed by atoms with Crippen molar-refractivity contribution in [2.45, 2.75) is 78.3 Å². The van der Waals surface area contributed by atoms with Gasteiger partial charge in [-0.3, -0.25) is 14.8 Å². The Balaban J connectivity index is 1.13. The molecule has 226 valence electrons. The molecule has 1 aliphatic heterocycles. The van der Waals surface area contributed by atoms with Crippen molar-refractivity contribution in [3.8, 4) is 11.1 Å². The lowest BCUT2D eigenvalue weighted by molar-refractivity contribution is 0.102. The van der Waals surface area contributed by atoms with Crippen molar-refractivity contribution >= 4 is 38.4 Å². The summed E-state index contributed by atoms with van der Waals surface area (Å²) >= 11 is 1.50. The zero-order valence-corrected chi connectivity index (χ0v) is 26.7. The number of rotatable bonds is 7. The van der Waals surface area contributed by atoms with E-state index in [9.17, 15) is 4.79 Å². The highest BCUT2D eigenvalue weighted by Gasteiger charge is 2.25. The van der Waals surface area contributed by atoms with Gasteiger partial charge >= 0.3 is 0 Å². The number of carbonyl (C=O) groups is 1. The molecule has 0 bridgehead atoms. The number of pyridine rings is 1. The van der Waals surface area contributed by atoms with E-state index in [0.29, 0.717) is 17.2 Å². The molecule has 1 fully saturated rings. The Kier molecular flexibility index (Phi) is 7.93. The molecule has 8 heteroatoms. The van der Waals surface area contributed by atoms with Gasteiger partial charge in [0.2, 0.25) is 0 Å². The van der Waals surface area contributed by atoms with Crippen LogP contribution >= 0.6 is 11.3 Å². The van der Waals surface area contributed by atoms with Gasteiger partial charge in [0, 0.05) is 42.0 Å². The number of amides is 1. The smallest absolute Gasteiger partial charge is 0.257 e. The van der Waals surface area contributed by atoms with Crippen molar-refractivity contribution in [3.05, 3.63) is 88.9 Å². The van der Waals surface area contributed by atoms with Crippen LogP contribution in [0.5, 0.6) is 0 Å². The molecule has 1 aliphatic carbocycles. The number of thiazole rings is 1. The maximum atomic E-state index is 13.5. The third-order valence-corrected chi connectivity index (χ3v) is 10.3. The summed E-state index contributed by atoms with van der Waals surface area (Å²) in [6.45, 7) is 9.14. The number of anilines is 2. The fraction of sp³-hybridized carbons (Fsp3) is 0.389. The summed E-state index contributed by atoms with van der Waals surface area (Å²) < 4.78 is 3.28. The molecule has 1 saturated carbocycles. The monoisotopic (exact) mass is 604 g/mol. The van der Waals surface area contributed by atoms with Gasteiger partial charge in [-0.05, 0) is 79.5 Å². The van der Waals surface area contributed by atoms with Gasteiger partial charge in [0.05, 0.1) is 22.1 Å². The number of benzene rings is 2. The number of carbonyl (C=O) groups excluding carboxylic acids is 1. The van der Waals surface area contributed by atoms with E-state index in [2.05, 4.69) is 58.9 Å². The summed E-state index contributed by atoms with van der Waals surface area (Å²) in [5.41, 5.74) is 8.56. The molecule has 2 aliphatic rings. The molecule has 44 heavy (non-hydrogen) atoms. The quantitative estimate of drug-likeness (QED) is 0.202. The summed E-state index contributed by atoms with van der Waals surface area (Å²) in [5, 5.41) is 8.51. The van der Waals surface area contributed by atoms with Crippen LogP contribution in [0.15, 0.2) is 60.8 Å². The van der Waals surface area contributed by atoms with Crippen molar-refractivity contribution in [2.75, 3.05) is 16.8 Å². The number of hydrogen-bond acceptors (Lipinski definition) is 6. The highest BCUT2D eigenvalue weighted by molar-refractivity contribution is 7.22. The molecule has 7 rings (SSSR count). The first-order valence-electron chi connectivity index (χ1n) is 16.0. The van der Waals surface area contributed by atoms with Crippen LogP contribution in [0.25, 0.3) is 21.3 Å². The average molecular weight is 605 g/mol. The molecular formula is C36H40N6OS. The lowest BCUT2D eigenvalue weighted by atomic mass is 9.89. The van der Waals surface area contributed by atoms with E-state index in [0.717, 1.165) is 52.7 Å². The number of nitrogens with zero attached hydrogens (tertiary/aromatic N) is 5. The number of nitrogens with one attached hydrogen (secondary N) is 1. The molecule has 0 spiro atoms. The lowest BCUT2D eigenvalue weighted by Crippen LogP contribution is -2.33. The predicted octanol–water partition coefficient (Wildman–Crippen LogP) is 8.38. The van der Waals surface area contributed by atoms with Gasteiger partial charge < -0.3 is 4.90 Å². The van der Waals surface area contributed by atoms with Crippen LogP contribution in [0, 0.1) is 12.8 Å². The highest BCUT2D eigenvalue weighted by atomic mass is 32.1. The fourth-order valence-electron chi connectivity index (χ4n) is 6.90. The van der Waals surface area contributed by atoms with Crippen LogP contribution in [0.3, 0.4) is 0 Å². The molecule has 1 amide bonds. The lowest BCUT2D eigenvalue weighted by Gasteiger charge is -2.31. The fourth-order valence-corrected chi connectivity index (χ4v) is 7.76. The van der Waals surface area contributed by atoms with E-state index in [1.165, 1.54) is 65.8 Å². The normalized spacial score (nSPS) is 15.6. The van der Waals surface area contributed by atoms with Crippen molar-refractivity contribution in [3.63, 3.8) is 0 Å². The zero-order valence-electron chi connectivity index (χ0n) is 25.8. The largest absolute Gasteiger partial charge is 0.352 e. The van der Waals surface area contributed by atoms with Crippen LogP contribution < -0.4 is 10.2 Å². The topological polar surface area (TPSA) is 75.9 Å². The molecule has 0 atom stereocenters. The molecule has 1 N–H and O–H groups in total. The summed E-state index contributed by atoms with van der Waals surface area (Å²) in [5.74, 6) is 1.83. The molecule has 0 saturated heterocycles. The second-order valence-corrected chi connectivity index (χ2v) is 13.7. The van der Waals surface area contributed by atoms with Gasteiger partial charge in [0.1, 0.15) is 5.82 Å². The minimum Gasteiger partial charge on any atom is -0.352 e. The first kappa shape index (κ1) is 28.7. The zero-order chi connectivity index (χ0) is 30.2. The SMILES string of the molecule is Cc1c(-c2ccc(N3CCc4cccc(C(=O)Nc5nc6ccccc6s5)c4C3)nc2C(C)C)cnn1CC1CCCCC1. The van der Waals surface area contributed by atoms with Crippen LogP contribution in [-0.2, 0) is 19.5 Å². The Morgan fingerprint density at radius 2 is 1.84 bits per heavy atom. The van der Waals surface area contributed by atoms with E-state index >= 15 is 0 Å². The molecule has 0 radical (unpaired) electrons. The van der Waals surface area contributed by atoms with Gasteiger partial charge in [-0.2, -0.15) is 5.10 Å². The van der Waals surface area contributed by atoms with Crippen molar-refractivity contribution in [2.24, 2.45) is 5.92 Å². The second kappa shape index (κ2) is 12.2. The Labute approximate surface area is 263 Å². The highest BCUT2D eigenvalue weighted by Crippen LogP contribution is 2.35. The van der Waals surface area contributed by atoms with E-state index < -0.39 is 0 Å². The first-order valence-corrected chi connectivity index (χ1v) is 16.8. The van der Waals surface area contributed by atoms with Crippen molar-refractivity contribution < 1.29 is 4.79 Å². The molecule has 0 unspecified atom stereocenters. The Bertz CT molecular complexity index is 1780. The first-order chi connectivity index (χ1) is 21.4. The van der Waals surface area contributed by atoms with E-state index in [4.69, 9.17) is 10.1 Å². The molecule has 3 aromatic heterocycles. The van der Waals surface area contributed by atoms with Gasteiger partial charge in [0.25, 0.3) is 5.91 Å². The molecule has 4 heterocycles. The summed E-state index contributed by atoms with van der Waals surface area (Å²) in [7, 11) is 0. The van der Waals surface area contributed by atoms with Crippen LogP contribution in [-0.4, -0.2) is 32.2 Å². The third-order valence-electron chi connectivity index (χ3n) is 9.36. The Morgan fingerprint density at radius 3 is 2.66 bits per heavy atom. The van der Waals surface area contributed by atoms with E-state index in [1.807, 2.05) is 42.6 Å². The standard InChI is InChI=1S/C36H40N6OS/c1-23(2)34-27(29-20-37-42(24(29)3)21-25-10-5-4-6-11-25)16-17-33(39-34)41-19-18-26-12-9-13-28(30(26)22-41)35(43)40-36-38-31-14-7-8-15-32(31)44-36/h7-9,12-17,20,23,25H,4-6,10-11,18-19,21-22H2,1-3H3,(H,38,40,43). The van der Waals surface area contributed by atoms with Crippen LogP contribution in [0.1, 0.15) is 84.7 Å². The predicted molar refractivity (Wildman–Crippen MR) is 180 cm³/mol. The second-order valence-electron chi connectivity index (χ2n) is 12.6. The van der Waals surface area contributed by atoms with Crippen LogP contribution in [0.4, 0.5) is 10.9 Å². The molecule has 2 aromatic carbocycles.